The van der Waals surface area contributed by atoms with Crippen molar-refractivity contribution in [2.45, 2.75) is 24.8 Å². The van der Waals surface area contributed by atoms with E-state index in [1.54, 1.807) is 18.2 Å². The second-order valence-electron chi connectivity index (χ2n) is 5.82. The summed E-state index contributed by atoms with van der Waals surface area (Å²) in [6.45, 7) is 3.63. The second kappa shape index (κ2) is 7.24. The zero-order valence-corrected chi connectivity index (χ0v) is 16.0. The van der Waals surface area contributed by atoms with Gasteiger partial charge >= 0.3 is 0 Å². The third-order valence-corrected chi connectivity index (χ3v) is 5.39. The van der Waals surface area contributed by atoms with Gasteiger partial charge in [0.05, 0.1) is 15.5 Å². The molecule has 0 atom stereocenters. The quantitative estimate of drug-likeness (QED) is 0.665. The number of imide groups is 1. The molecule has 0 spiro atoms. The van der Waals surface area contributed by atoms with Crippen molar-refractivity contribution in [2.24, 2.45) is 0 Å². The van der Waals surface area contributed by atoms with Crippen LogP contribution in [0.15, 0.2) is 58.3 Å². The highest BCUT2D eigenvalue weighted by molar-refractivity contribution is 8.04. The monoisotopic (exact) mass is 391 g/mol. The van der Waals surface area contributed by atoms with Crippen molar-refractivity contribution in [3.8, 4) is 0 Å². The van der Waals surface area contributed by atoms with Gasteiger partial charge in [-0.1, -0.05) is 59.2 Å². The van der Waals surface area contributed by atoms with Crippen molar-refractivity contribution in [2.75, 3.05) is 0 Å². The molecule has 0 saturated heterocycles. The van der Waals surface area contributed by atoms with E-state index in [-0.39, 0.29) is 17.9 Å². The Bertz CT molecular complexity index is 878. The summed E-state index contributed by atoms with van der Waals surface area (Å²) in [5, 5.41) is 0.824. The lowest BCUT2D eigenvalue weighted by Gasteiger charge is -2.19. The first-order valence-corrected chi connectivity index (χ1v) is 9.28. The van der Waals surface area contributed by atoms with Crippen molar-refractivity contribution in [3.05, 3.63) is 69.0 Å². The summed E-state index contributed by atoms with van der Waals surface area (Å²) >= 11 is 13.6. The number of halogens is 2. The molecule has 0 radical (unpaired) electrons. The van der Waals surface area contributed by atoms with Crippen LogP contribution in [-0.4, -0.2) is 22.8 Å². The second-order valence-corrected chi connectivity index (χ2v) is 7.74. The molecule has 2 aromatic rings. The summed E-state index contributed by atoms with van der Waals surface area (Å²) in [6.07, 6.45) is 0. The van der Waals surface area contributed by atoms with E-state index in [1.807, 2.05) is 44.2 Å². The Balaban J connectivity index is 2.15. The Hall–Kier alpha value is -1.75. The van der Waals surface area contributed by atoms with Crippen LogP contribution in [0, 0.1) is 0 Å². The van der Waals surface area contributed by atoms with Crippen molar-refractivity contribution in [1.82, 2.24) is 4.90 Å². The predicted molar refractivity (Wildman–Crippen MR) is 103 cm³/mol. The van der Waals surface area contributed by atoms with Gasteiger partial charge in [-0.05, 0) is 38.1 Å². The average molecular weight is 392 g/mol. The first-order chi connectivity index (χ1) is 11.9. The molecule has 0 N–H and O–H groups in total. The highest BCUT2D eigenvalue weighted by Crippen LogP contribution is 2.42. The van der Waals surface area contributed by atoms with E-state index < -0.39 is 0 Å². The zero-order valence-electron chi connectivity index (χ0n) is 13.6. The Morgan fingerprint density at radius 2 is 1.64 bits per heavy atom. The molecule has 0 fully saturated rings. The van der Waals surface area contributed by atoms with Gasteiger partial charge in [-0.2, -0.15) is 0 Å². The third kappa shape index (κ3) is 3.47. The number of amides is 2. The number of carbonyl (C=O) groups is 2. The Morgan fingerprint density at radius 1 is 0.960 bits per heavy atom. The van der Waals surface area contributed by atoms with Gasteiger partial charge in [0, 0.05) is 21.5 Å². The van der Waals surface area contributed by atoms with E-state index in [4.69, 9.17) is 23.2 Å². The average Bonchev–Trinajstić information content (AvgIpc) is 2.79. The van der Waals surface area contributed by atoms with Crippen LogP contribution < -0.4 is 0 Å². The van der Waals surface area contributed by atoms with Gasteiger partial charge in [0.2, 0.25) is 0 Å². The maximum atomic E-state index is 12.9. The fraction of sp³-hybridized carbons (Fsp3) is 0.158. The van der Waals surface area contributed by atoms with Gasteiger partial charge in [-0.15, -0.1) is 0 Å². The number of rotatable bonds is 4. The molecule has 25 heavy (non-hydrogen) atoms. The maximum absolute atomic E-state index is 12.9. The van der Waals surface area contributed by atoms with E-state index in [2.05, 4.69) is 0 Å². The first kappa shape index (κ1) is 18.1. The van der Waals surface area contributed by atoms with Crippen LogP contribution in [0.3, 0.4) is 0 Å². The SMILES string of the molecule is CC(C)N1C(=O)C(Sc2ccccc2)=C(c2ccc(Cl)cc2Cl)C1=O. The minimum Gasteiger partial charge on any atom is -0.271 e. The lowest BCUT2D eigenvalue weighted by molar-refractivity contribution is -0.138. The highest BCUT2D eigenvalue weighted by Gasteiger charge is 2.41. The number of hydrogen-bond acceptors (Lipinski definition) is 3. The fourth-order valence-corrected chi connectivity index (χ4v) is 4.14. The van der Waals surface area contributed by atoms with Crippen LogP contribution in [-0.2, 0) is 9.59 Å². The maximum Gasteiger partial charge on any atom is 0.268 e. The normalized spacial score (nSPS) is 14.8. The van der Waals surface area contributed by atoms with Crippen LogP contribution in [0.4, 0.5) is 0 Å². The minimum absolute atomic E-state index is 0.241. The lowest BCUT2D eigenvalue weighted by Crippen LogP contribution is -2.37. The minimum atomic E-state index is -0.331. The standard InChI is InChI=1S/C19H15Cl2NO2S/c1-11(2)22-18(23)16(14-9-8-12(20)10-15(14)21)17(19(22)24)25-13-6-4-3-5-7-13/h3-11H,1-2H3. The number of thioether (sulfide) groups is 1. The van der Waals surface area contributed by atoms with Crippen molar-refractivity contribution >= 4 is 52.4 Å². The van der Waals surface area contributed by atoms with Gasteiger partial charge in [0.1, 0.15) is 0 Å². The molecule has 0 aliphatic carbocycles. The van der Waals surface area contributed by atoms with Crippen molar-refractivity contribution in [3.63, 3.8) is 0 Å². The highest BCUT2D eigenvalue weighted by atomic mass is 35.5. The topological polar surface area (TPSA) is 37.4 Å². The van der Waals surface area contributed by atoms with Gasteiger partial charge in [0.15, 0.2) is 0 Å². The Morgan fingerprint density at radius 3 is 2.24 bits per heavy atom. The van der Waals surface area contributed by atoms with Gasteiger partial charge in [-0.25, -0.2) is 0 Å². The predicted octanol–water partition coefficient (Wildman–Crippen LogP) is 5.27. The summed E-state index contributed by atoms with van der Waals surface area (Å²) in [5.74, 6) is -0.627. The zero-order chi connectivity index (χ0) is 18.1. The van der Waals surface area contributed by atoms with Crippen molar-refractivity contribution < 1.29 is 9.59 Å². The number of benzene rings is 2. The van der Waals surface area contributed by atoms with Gasteiger partial charge in [0.25, 0.3) is 11.8 Å². The number of hydrogen-bond donors (Lipinski definition) is 0. The molecule has 3 nitrogen and oxygen atoms in total. The van der Waals surface area contributed by atoms with Crippen LogP contribution in [0.25, 0.3) is 5.57 Å². The smallest absolute Gasteiger partial charge is 0.268 e. The Kier molecular flexibility index (Phi) is 5.23. The number of carbonyl (C=O) groups excluding carboxylic acids is 2. The van der Waals surface area contributed by atoms with Crippen molar-refractivity contribution in [1.29, 1.82) is 0 Å². The summed E-state index contributed by atoms with van der Waals surface area (Å²) in [7, 11) is 0. The molecular formula is C19H15Cl2NO2S. The third-order valence-electron chi connectivity index (χ3n) is 3.75. The van der Waals surface area contributed by atoms with Gasteiger partial charge < -0.3 is 0 Å². The van der Waals surface area contributed by atoms with Crippen LogP contribution in [0.2, 0.25) is 10.0 Å². The van der Waals surface area contributed by atoms with E-state index in [0.717, 1.165) is 4.90 Å². The summed E-state index contributed by atoms with van der Waals surface area (Å²) in [5.41, 5.74) is 0.847. The summed E-state index contributed by atoms with van der Waals surface area (Å²) < 4.78 is 0. The molecule has 1 heterocycles. The molecule has 0 aromatic heterocycles. The molecule has 0 bridgehead atoms. The molecular weight excluding hydrogens is 377 g/mol. The van der Waals surface area contributed by atoms with E-state index in [0.29, 0.717) is 26.1 Å². The van der Waals surface area contributed by atoms with E-state index in [9.17, 15) is 9.59 Å². The lowest BCUT2D eigenvalue weighted by atomic mass is 10.1. The molecule has 0 unspecified atom stereocenters. The van der Waals surface area contributed by atoms with E-state index >= 15 is 0 Å². The molecule has 0 saturated carbocycles. The van der Waals surface area contributed by atoms with Crippen LogP contribution in [0.1, 0.15) is 19.4 Å². The number of nitrogens with zero attached hydrogens (tertiary/aromatic N) is 1. The summed E-state index contributed by atoms with van der Waals surface area (Å²) in [6, 6.07) is 14.2. The molecule has 128 valence electrons. The Labute approximate surface area is 160 Å². The first-order valence-electron chi connectivity index (χ1n) is 7.70. The molecule has 3 rings (SSSR count). The van der Waals surface area contributed by atoms with E-state index in [1.165, 1.54) is 16.7 Å². The fourth-order valence-electron chi connectivity index (χ4n) is 2.63. The molecule has 6 heteroatoms. The van der Waals surface area contributed by atoms with Crippen LogP contribution >= 0.6 is 35.0 Å². The largest absolute Gasteiger partial charge is 0.271 e. The molecule has 1 aliphatic heterocycles. The molecule has 2 aromatic carbocycles. The summed E-state index contributed by atoms with van der Waals surface area (Å²) in [4.78, 5) is 28.4. The molecule has 1 aliphatic rings. The van der Waals surface area contributed by atoms with Crippen LogP contribution in [0.5, 0.6) is 0 Å². The molecule has 2 amide bonds. The van der Waals surface area contributed by atoms with Gasteiger partial charge in [-0.3, -0.25) is 14.5 Å².